The summed E-state index contributed by atoms with van der Waals surface area (Å²) in [5.41, 5.74) is 1.78. The Hall–Kier alpha value is -1.74. The highest BCUT2D eigenvalue weighted by Crippen LogP contribution is 2.38. The van der Waals surface area contributed by atoms with Crippen LogP contribution in [-0.2, 0) is 15.8 Å². The van der Waals surface area contributed by atoms with Crippen molar-refractivity contribution in [3.05, 3.63) is 69.9 Å². The Balaban J connectivity index is 1.71. The number of rotatable bonds is 8. The van der Waals surface area contributed by atoms with Crippen LogP contribution < -0.4 is 0 Å². The van der Waals surface area contributed by atoms with Crippen LogP contribution in [0, 0.1) is 5.82 Å². The zero-order valence-electron chi connectivity index (χ0n) is 21.7. The molecule has 35 heavy (non-hydrogen) atoms. The van der Waals surface area contributed by atoms with Crippen molar-refractivity contribution in [1.29, 1.82) is 0 Å². The zero-order chi connectivity index (χ0) is 25.8. The number of benzene rings is 2. The van der Waals surface area contributed by atoms with Gasteiger partial charge in [0, 0.05) is 26.7 Å². The van der Waals surface area contributed by atoms with Crippen molar-refractivity contribution < 1.29 is 18.3 Å². The van der Waals surface area contributed by atoms with E-state index in [-0.39, 0.29) is 29.6 Å². The topological polar surface area (TPSA) is 42.0 Å². The first-order chi connectivity index (χ1) is 16.4. The van der Waals surface area contributed by atoms with E-state index in [1.807, 2.05) is 30.3 Å². The quantitative estimate of drug-likeness (QED) is 0.324. The number of nitrogens with zero attached hydrogens (tertiary/aromatic N) is 2. The number of amides is 1. The van der Waals surface area contributed by atoms with Crippen molar-refractivity contribution >= 4 is 30.3 Å². The highest BCUT2D eigenvalue weighted by Gasteiger charge is 2.41. The third-order valence-corrected chi connectivity index (χ3v) is 12.4. The average molecular weight is 566 g/mol. The van der Waals surface area contributed by atoms with Crippen LogP contribution in [0.5, 0.6) is 0 Å². The van der Waals surface area contributed by atoms with Crippen LogP contribution in [0.25, 0.3) is 0 Å². The van der Waals surface area contributed by atoms with Gasteiger partial charge in [-0.25, -0.2) is 9.18 Å². The summed E-state index contributed by atoms with van der Waals surface area (Å²) in [6.45, 7) is 13.9. The smallest absolute Gasteiger partial charge is 0.410 e. The number of hydrogen-bond donors (Lipinski definition) is 0. The summed E-state index contributed by atoms with van der Waals surface area (Å²) in [6, 6.07) is 14.3. The number of hydrogen-bond acceptors (Lipinski definition) is 4. The first-order valence-electron chi connectivity index (χ1n) is 12.2. The Kier molecular flexibility index (Phi) is 9.18. The SMILES string of the molecule is CN(C(=O)OCc1ccccc1)[C@H](CN1CC[C@H](O[Si](C)(C)C(C)(C)C)C1)c1ccc(F)c(Br)c1. The minimum absolute atomic E-state index is 0.159. The Morgan fingerprint density at radius 3 is 2.54 bits per heavy atom. The van der Waals surface area contributed by atoms with E-state index in [1.165, 1.54) is 6.07 Å². The molecule has 2 aromatic rings. The lowest BCUT2D eigenvalue weighted by Crippen LogP contribution is -2.45. The molecule has 1 amide bonds. The molecule has 8 heteroatoms. The van der Waals surface area contributed by atoms with E-state index in [0.717, 1.165) is 30.6 Å². The fourth-order valence-corrected chi connectivity index (χ4v) is 5.79. The summed E-state index contributed by atoms with van der Waals surface area (Å²) in [6.07, 6.45) is 0.744. The lowest BCUT2D eigenvalue weighted by atomic mass is 10.1. The maximum absolute atomic E-state index is 14.0. The summed E-state index contributed by atoms with van der Waals surface area (Å²) in [4.78, 5) is 16.9. The fourth-order valence-electron chi connectivity index (χ4n) is 4.02. The normalized spacial score (nSPS) is 17.9. The largest absolute Gasteiger partial charge is 0.445 e. The first kappa shape index (κ1) is 27.8. The molecule has 0 aromatic heterocycles. The van der Waals surface area contributed by atoms with Crippen molar-refractivity contribution in [3.63, 3.8) is 0 Å². The molecule has 1 saturated heterocycles. The molecule has 3 rings (SSSR count). The molecule has 5 nitrogen and oxygen atoms in total. The third-order valence-electron chi connectivity index (χ3n) is 7.22. The highest BCUT2D eigenvalue weighted by atomic mass is 79.9. The van der Waals surface area contributed by atoms with Crippen molar-refractivity contribution in [2.75, 3.05) is 26.7 Å². The number of halogens is 2. The van der Waals surface area contributed by atoms with Crippen molar-refractivity contribution in [2.45, 2.75) is 64.1 Å². The minimum Gasteiger partial charge on any atom is -0.445 e. The lowest BCUT2D eigenvalue weighted by molar-refractivity contribution is 0.0819. The molecule has 2 aromatic carbocycles. The molecule has 0 radical (unpaired) electrons. The molecule has 1 heterocycles. The molecule has 1 aliphatic rings. The van der Waals surface area contributed by atoms with Crippen molar-refractivity contribution in [1.82, 2.24) is 9.80 Å². The maximum atomic E-state index is 14.0. The van der Waals surface area contributed by atoms with Gasteiger partial charge in [0.15, 0.2) is 8.32 Å². The van der Waals surface area contributed by atoms with E-state index in [2.05, 4.69) is 54.7 Å². The molecule has 1 aliphatic heterocycles. The molecule has 192 valence electrons. The zero-order valence-corrected chi connectivity index (χ0v) is 24.3. The maximum Gasteiger partial charge on any atom is 0.410 e. The Bertz CT molecular complexity index is 1000. The number of likely N-dealkylation sites (N-methyl/N-ethyl adjacent to an activating group) is 1. The van der Waals surface area contributed by atoms with E-state index in [9.17, 15) is 9.18 Å². The van der Waals surface area contributed by atoms with Crippen LogP contribution in [0.1, 0.15) is 44.4 Å². The van der Waals surface area contributed by atoms with Crippen LogP contribution in [0.3, 0.4) is 0 Å². The molecule has 2 atom stereocenters. The van der Waals surface area contributed by atoms with Crippen LogP contribution in [0.15, 0.2) is 53.0 Å². The monoisotopic (exact) mass is 564 g/mol. The van der Waals surface area contributed by atoms with Gasteiger partial charge >= 0.3 is 6.09 Å². The Morgan fingerprint density at radius 2 is 1.91 bits per heavy atom. The van der Waals surface area contributed by atoms with Gasteiger partial charge in [-0.2, -0.15) is 0 Å². The van der Waals surface area contributed by atoms with Crippen molar-refractivity contribution in [2.24, 2.45) is 0 Å². The van der Waals surface area contributed by atoms with Crippen LogP contribution in [0.4, 0.5) is 9.18 Å². The number of likely N-dealkylation sites (tertiary alicyclic amines) is 1. The van der Waals surface area contributed by atoms with E-state index < -0.39 is 14.4 Å². The van der Waals surface area contributed by atoms with Gasteiger partial charge in [0.25, 0.3) is 0 Å². The van der Waals surface area contributed by atoms with Crippen LogP contribution in [0.2, 0.25) is 18.1 Å². The average Bonchev–Trinajstić information content (AvgIpc) is 3.23. The lowest BCUT2D eigenvalue weighted by Gasteiger charge is -2.38. The second-order valence-corrected chi connectivity index (χ2v) is 16.5. The standard InChI is InChI=1S/C27H38BrFN2O3Si/c1-27(2,3)35(5,6)34-22-14-15-31(17-22)18-25(21-12-13-24(29)23(28)16-21)30(4)26(32)33-19-20-10-8-7-9-11-20/h7-13,16,22,25H,14-15,17-19H2,1-6H3/t22-,25+/m0/s1. The molecule has 0 spiro atoms. The van der Waals surface area contributed by atoms with Gasteiger partial charge in [-0.1, -0.05) is 57.2 Å². The predicted octanol–water partition coefficient (Wildman–Crippen LogP) is 6.99. The number of carbonyl (C=O) groups excluding carboxylic acids is 1. The summed E-state index contributed by atoms with van der Waals surface area (Å²) in [5.74, 6) is -0.328. The van der Waals surface area contributed by atoms with Crippen LogP contribution in [-0.4, -0.2) is 57.0 Å². The molecular formula is C27H38BrFN2O3Si. The molecule has 0 bridgehead atoms. The number of ether oxygens (including phenoxy) is 1. The first-order valence-corrected chi connectivity index (χ1v) is 15.9. The minimum atomic E-state index is -1.86. The fraction of sp³-hybridized carbons (Fsp3) is 0.519. The van der Waals surface area contributed by atoms with Gasteiger partial charge in [0.05, 0.1) is 16.6 Å². The second kappa shape index (κ2) is 11.5. The van der Waals surface area contributed by atoms with E-state index in [0.29, 0.717) is 11.0 Å². The van der Waals surface area contributed by atoms with E-state index in [1.54, 1.807) is 24.1 Å². The van der Waals surface area contributed by atoms with Gasteiger partial charge in [-0.15, -0.1) is 0 Å². The van der Waals surface area contributed by atoms with Gasteiger partial charge in [0.1, 0.15) is 12.4 Å². The van der Waals surface area contributed by atoms with Gasteiger partial charge < -0.3 is 14.1 Å². The molecule has 1 fully saturated rings. The summed E-state index contributed by atoms with van der Waals surface area (Å²) < 4.78 is 26.6. The Labute approximate surface area is 218 Å². The van der Waals surface area contributed by atoms with E-state index in [4.69, 9.17) is 9.16 Å². The second-order valence-electron chi connectivity index (χ2n) is 10.9. The van der Waals surface area contributed by atoms with Gasteiger partial charge in [-0.3, -0.25) is 4.90 Å². The summed E-state index contributed by atoms with van der Waals surface area (Å²) in [5, 5.41) is 0.159. The van der Waals surface area contributed by atoms with E-state index >= 15 is 0 Å². The Morgan fingerprint density at radius 1 is 1.23 bits per heavy atom. The molecule has 0 unspecified atom stereocenters. The summed E-state index contributed by atoms with van der Waals surface area (Å²) in [7, 11) is -0.114. The number of carbonyl (C=O) groups is 1. The summed E-state index contributed by atoms with van der Waals surface area (Å²) >= 11 is 3.30. The van der Waals surface area contributed by atoms with Crippen LogP contribution >= 0.6 is 15.9 Å². The molecule has 0 aliphatic carbocycles. The van der Waals surface area contributed by atoms with Gasteiger partial charge in [0.2, 0.25) is 0 Å². The highest BCUT2D eigenvalue weighted by molar-refractivity contribution is 9.10. The predicted molar refractivity (Wildman–Crippen MR) is 144 cm³/mol. The van der Waals surface area contributed by atoms with Gasteiger partial charge in [-0.05, 0) is 63.7 Å². The molecule has 0 N–H and O–H groups in total. The molecular weight excluding hydrogens is 527 g/mol. The third kappa shape index (κ3) is 7.38. The molecule has 0 saturated carbocycles. The van der Waals surface area contributed by atoms with Crippen molar-refractivity contribution in [3.8, 4) is 0 Å².